The Kier molecular flexibility index (Phi) is 5.95. The summed E-state index contributed by atoms with van der Waals surface area (Å²) in [5, 5.41) is 6.27. The van der Waals surface area contributed by atoms with Crippen molar-refractivity contribution >= 4 is 17.5 Å². The number of rotatable bonds is 6. The van der Waals surface area contributed by atoms with Crippen molar-refractivity contribution in [3.63, 3.8) is 0 Å². The lowest BCUT2D eigenvalue weighted by atomic mass is 10.2. The molecule has 0 aliphatic heterocycles. The third-order valence-electron chi connectivity index (χ3n) is 2.43. The predicted octanol–water partition coefficient (Wildman–Crippen LogP) is 1.96. The Morgan fingerprint density at radius 2 is 2.22 bits per heavy atom. The zero-order valence-corrected chi connectivity index (χ0v) is 11.7. The molecule has 0 saturated heterocycles. The van der Waals surface area contributed by atoms with Crippen molar-refractivity contribution in [1.29, 1.82) is 0 Å². The maximum Gasteiger partial charge on any atom is 0.260 e. The summed E-state index contributed by atoms with van der Waals surface area (Å²) in [6.07, 6.45) is -0.569. The summed E-state index contributed by atoms with van der Waals surface area (Å²) in [4.78, 5) is 11.6. The van der Waals surface area contributed by atoms with Crippen LogP contribution >= 0.6 is 11.6 Å². The Morgan fingerprint density at radius 1 is 1.50 bits per heavy atom. The van der Waals surface area contributed by atoms with Gasteiger partial charge in [-0.15, -0.1) is 0 Å². The first-order valence-electron chi connectivity index (χ1n) is 5.96. The summed E-state index contributed by atoms with van der Waals surface area (Å²) in [5.41, 5.74) is 0.932. The highest BCUT2D eigenvalue weighted by molar-refractivity contribution is 6.32. The molecule has 1 aromatic carbocycles. The smallest absolute Gasteiger partial charge is 0.260 e. The molecule has 0 aromatic heterocycles. The summed E-state index contributed by atoms with van der Waals surface area (Å²) in [6, 6.07) is 5.53. The summed E-state index contributed by atoms with van der Waals surface area (Å²) in [5.74, 6) is 0.417. The standard InChI is InChI=1S/C13H19ClN2O2/c1-4-16-13(17)9(2)18-12-10(8-15-3)6-5-7-11(12)14/h5-7,9,15H,4,8H2,1-3H3,(H,16,17). The zero-order valence-electron chi connectivity index (χ0n) is 10.9. The van der Waals surface area contributed by atoms with Gasteiger partial charge < -0.3 is 15.4 Å². The fourth-order valence-electron chi connectivity index (χ4n) is 1.56. The van der Waals surface area contributed by atoms with Crippen LogP contribution in [0.4, 0.5) is 0 Å². The topological polar surface area (TPSA) is 50.4 Å². The van der Waals surface area contributed by atoms with Gasteiger partial charge in [-0.3, -0.25) is 4.79 Å². The zero-order chi connectivity index (χ0) is 13.5. The van der Waals surface area contributed by atoms with Gasteiger partial charge in [0.2, 0.25) is 0 Å². The molecular formula is C13H19ClN2O2. The van der Waals surface area contributed by atoms with E-state index in [2.05, 4.69) is 10.6 Å². The van der Waals surface area contributed by atoms with Crippen molar-refractivity contribution in [2.45, 2.75) is 26.5 Å². The molecule has 0 fully saturated rings. The third kappa shape index (κ3) is 3.89. The molecule has 1 rings (SSSR count). The number of hydrogen-bond acceptors (Lipinski definition) is 3. The molecule has 0 spiro atoms. The monoisotopic (exact) mass is 270 g/mol. The molecule has 5 heteroatoms. The Labute approximate surface area is 113 Å². The van der Waals surface area contributed by atoms with E-state index in [1.807, 2.05) is 26.1 Å². The number of halogens is 1. The lowest BCUT2D eigenvalue weighted by molar-refractivity contribution is -0.127. The van der Waals surface area contributed by atoms with E-state index in [9.17, 15) is 4.79 Å². The molecule has 1 unspecified atom stereocenters. The van der Waals surface area contributed by atoms with E-state index in [0.717, 1.165) is 5.56 Å². The van der Waals surface area contributed by atoms with Crippen molar-refractivity contribution in [3.05, 3.63) is 28.8 Å². The molecule has 18 heavy (non-hydrogen) atoms. The van der Waals surface area contributed by atoms with E-state index in [1.165, 1.54) is 0 Å². The van der Waals surface area contributed by atoms with Gasteiger partial charge >= 0.3 is 0 Å². The van der Waals surface area contributed by atoms with Gasteiger partial charge in [0.1, 0.15) is 5.75 Å². The van der Waals surface area contributed by atoms with Gasteiger partial charge in [0.05, 0.1) is 5.02 Å². The van der Waals surface area contributed by atoms with E-state index in [4.69, 9.17) is 16.3 Å². The Hall–Kier alpha value is -1.26. The number of nitrogens with one attached hydrogen (secondary N) is 2. The van der Waals surface area contributed by atoms with Crippen LogP contribution in [0.2, 0.25) is 5.02 Å². The van der Waals surface area contributed by atoms with Crippen LogP contribution in [0.15, 0.2) is 18.2 Å². The van der Waals surface area contributed by atoms with Gasteiger partial charge in [-0.25, -0.2) is 0 Å². The van der Waals surface area contributed by atoms with Crippen LogP contribution in [0.5, 0.6) is 5.75 Å². The molecule has 0 bridgehead atoms. The highest BCUT2D eigenvalue weighted by Gasteiger charge is 2.17. The Bertz CT molecular complexity index is 410. The SMILES string of the molecule is CCNC(=O)C(C)Oc1c(Cl)cccc1CNC. The lowest BCUT2D eigenvalue weighted by Crippen LogP contribution is -2.36. The van der Waals surface area contributed by atoms with Crippen LogP contribution in [0.1, 0.15) is 19.4 Å². The first-order chi connectivity index (χ1) is 8.60. The van der Waals surface area contributed by atoms with E-state index >= 15 is 0 Å². The van der Waals surface area contributed by atoms with Crippen LogP contribution < -0.4 is 15.4 Å². The van der Waals surface area contributed by atoms with Gasteiger partial charge in [-0.2, -0.15) is 0 Å². The second-order valence-corrected chi connectivity index (χ2v) is 4.32. The second-order valence-electron chi connectivity index (χ2n) is 3.91. The first kappa shape index (κ1) is 14.8. The van der Waals surface area contributed by atoms with Gasteiger partial charge in [-0.1, -0.05) is 23.7 Å². The average molecular weight is 271 g/mol. The number of carbonyl (C=O) groups is 1. The fourth-order valence-corrected chi connectivity index (χ4v) is 1.80. The number of hydrogen-bond donors (Lipinski definition) is 2. The van der Waals surface area contributed by atoms with E-state index in [0.29, 0.717) is 23.9 Å². The van der Waals surface area contributed by atoms with Crippen LogP contribution in [-0.4, -0.2) is 25.6 Å². The van der Waals surface area contributed by atoms with Crippen LogP contribution in [0, 0.1) is 0 Å². The molecule has 0 saturated carbocycles. The fraction of sp³-hybridized carbons (Fsp3) is 0.462. The maximum absolute atomic E-state index is 11.6. The van der Waals surface area contributed by atoms with Crippen molar-refractivity contribution in [2.24, 2.45) is 0 Å². The molecule has 100 valence electrons. The molecule has 0 aliphatic carbocycles. The van der Waals surface area contributed by atoms with E-state index < -0.39 is 6.10 Å². The number of carbonyl (C=O) groups excluding carboxylic acids is 1. The van der Waals surface area contributed by atoms with Gasteiger partial charge in [-0.05, 0) is 27.0 Å². The van der Waals surface area contributed by atoms with E-state index in [1.54, 1.807) is 13.0 Å². The quantitative estimate of drug-likeness (QED) is 0.831. The summed E-state index contributed by atoms with van der Waals surface area (Å²) >= 11 is 6.11. The summed E-state index contributed by atoms with van der Waals surface area (Å²) in [6.45, 7) is 4.79. The van der Waals surface area contributed by atoms with Crippen LogP contribution in [-0.2, 0) is 11.3 Å². The van der Waals surface area contributed by atoms with Crippen molar-refractivity contribution in [1.82, 2.24) is 10.6 Å². The first-order valence-corrected chi connectivity index (χ1v) is 6.34. The maximum atomic E-state index is 11.6. The highest BCUT2D eigenvalue weighted by atomic mass is 35.5. The van der Waals surface area contributed by atoms with Crippen LogP contribution in [0.3, 0.4) is 0 Å². The molecule has 1 amide bonds. The van der Waals surface area contributed by atoms with Crippen molar-refractivity contribution in [3.8, 4) is 5.75 Å². The molecule has 2 N–H and O–H groups in total. The third-order valence-corrected chi connectivity index (χ3v) is 2.73. The molecule has 0 heterocycles. The Morgan fingerprint density at radius 3 is 2.83 bits per heavy atom. The minimum atomic E-state index is -0.569. The van der Waals surface area contributed by atoms with Crippen molar-refractivity contribution in [2.75, 3.05) is 13.6 Å². The Balaban J connectivity index is 2.85. The molecule has 1 atom stereocenters. The van der Waals surface area contributed by atoms with Gasteiger partial charge in [0, 0.05) is 18.7 Å². The molecule has 0 radical (unpaired) electrons. The minimum Gasteiger partial charge on any atom is -0.479 e. The number of amides is 1. The molecule has 1 aromatic rings. The lowest BCUT2D eigenvalue weighted by Gasteiger charge is -2.18. The number of likely N-dealkylation sites (N-methyl/N-ethyl adjacent to an activating group) is 1. The molecule has 4 nitrogen and oxygen atoms in total. The minimum absolute atomic E-state index is 0.146. The average Bonchev–Trinajstić information content (AvgIpc) is 2.34. The molecular weight excluding hydrogens is 252 g/mol. The highest BCUT2D eigenvalue weighted by Crippen LogP contribution is 2.29. The second kappa shape index (κ2) is 7.24. The van der Waals surface area contributed by atoms with Gasteiger partial charge in [0.25, 0.3) is 5.91 Å². The number of benzene rings is 1. The van der Waals surface area contributed by atoms with E-state index in [-0.39, 0.29) is 5.91 Å². The summed E-state index contributed by atoms with van der Waals surface area (Å²) < 4.78 is 5.66. The summed E-state index contributed by atoms with van der Waals surface area (Å²) in [7, 11) is 1.85. The van der Waals surface area contributed by atoms with Gasteiger partial charge in [0.15, 0.2) is 6.10 Å². The number of para-hydroxylation sites is 1. The molecule has 0 aliphatic rings. The largest absolute Gasteiger partial charge is 0.479 e. The predicted molar refractivity (Wildman–Crippen MR) is 73.0 cm³/mol. The number of ether oxygens (including phenoxy) is 1. The normalized spacial score (nSPS) is 12.0. The van der Waals surface area contributed by atoms with Crippen molar-refractivity contribution < 1.29 is 9.53 Å². The van der Waals surface area contributed by atoms with Crippen LogP contribution in [0.25, 0.3) is 0 Å².